The van der Waals surface area contributed by atoms with Crippen molar-refractivity contribution in [2.24, 2.45) is 0 Å². The third-order valence-electron chi connectivity index (χ3n) is 12.1. The summed E-state index contributed by atoms with van der Waals surface area (Å²) >= 11 is 0. The van der Waals surface area contributed by atoms with Crippen molar-refractivity contribution < 1.29 is 0 Å². The van der Waals surface area contributed by atoms with E-state index in [1.54, 1.807) is 0 Å². The van der Waals surface area contributed by atoms with E-state index in [1.165, 1.54) is 0 Å². The van der Waals surface area contributed by atoms with E-state index in [0.717, 1.165) is 89.8 Å². The second-order valence-corrected chi connectivity index (χ2v) is 16.1. The average Bonchev–Trinajstić information content (AvgIpc) is 3.96. The van der Waals surface area contributed by atoms with Gasteiger partial charge in [-0.05, 0) is 157 Å². The lowest BCUT2D eigenvalue weighted by atomic mass is 10.1. The molecule has 0 fully saturated rings. The Hall–Kier alpha value is -9.36. The maximum absolute atomic E-state index is 9.49. The molecule has 6 heteroatoms. The van der Waals surface area contributed by atoms with Crippen molar-refractivity contribution in [1.29, 1.82) is 10.5 Å². The highest BCUT2D eigenvalue weighted by atomic mass is 15.1. The zero-order valence-corrected chi connectivity index (χ0v) is 35.8. The van der Waals surface area contributed by atoms with Gasteiger partial charge in [-0.15, -0.1) is 0 Å². The van der Waals surface area contributed by atoms with E-state index in [9.17, 15) is 10.5 Å². The molecule has 0 aliphatic heterocycles. The number of para-hydroxylation sites is 4. The van der Waals surface area contributed by atoms with Crippen molar-refractivity contribution in [3.05, 3.63) is 254 Å². The lowest BCUT2D eigenvalue weighted by molar-refractivity contribution is 1.13. The Labute approximate surface area is 383 Å². The summed E-state index contributed by atoms with van der Waals surface area (Å²) in [6.07, 6.45) is 0. The van der Waals surface area contributed by atoms with Crippen LogP contribution in [0, 0.1) is 22.7 Å². The number of hydrogen-bond acceptors (Lipinski definition) is 4. The van der Waals surface area contributed by atoms with Gasteiger partial charge in [0.2, 0.25) is 0 Å². The molecule has 2 heterocycles. The molecule has 2 aromatic heterocycles. The molecule has 9 aromatic carbocycles. The summed E-state index contributed by atoms with van der Waals surface area (Å²) in [5.74, 6) is 0. The summed E-state index contributed by atoms with van der Waals surface area (Å²) in [4.78, 5) is 4.43. The fourth-order valence-corrected chi connectivity index (χ4v) is 9.03. The number of rotatable bonds is 10. The van der Waals surface area contributed by atoms with Gasteiger partial charge in [-0.1, -0.05) is 97.1 Å². The maximum Gasteiger partial charge on any atom is 0.0991 e. The van der Waals surface area contributed by atoms with Gasteiger partial charge >= 0.3 is 0 Å². The molecule has 0 atom stereocenters. The molecule has 0 aliphatic carbocycles. The first-order valence-corrected chi connectivity index (χ1v) is 21.9. The molecule has 0 saturated carbocycles. The minimum Gasteiger partial charge on any atom is -0.311 e. The summed E-state index contributed by atoms with van der Waals surface area (Å²) in [7, 11) is 0. The van der Waals surface area contributed by atoms with Gasteiger partial charge < -0.3 is 18.9 Å². The van der Waals surface area contributed by atoms with E-state index in [1.807, 2.05) is 84.9 Å². The number of nitriles is 2. The minimum absolute atomic E-state index is 0.627. The number of aromatic nitrogens is 2. The largest absolute Gasteiger partial charge is 0.311 e. The van der Waals surface area contributed by atoms with E-state index >= 15 is 0 Å². The number of hydrogen-bond donors (Lipinski definition) is 0. The van der Waals surface area contributed by atoms with E-state index in [-0.39, 0.29) is 0 Å². The standard InChI is InChI=1S/C60H40N6/c61-41-43-21-29-53(30-22-43)63(49-13-5-1-6-14-49)55-33-25-45(26-34-55)57-37-47-39-60-48(40-59(47)65(57)51-17-9-3-10-18-51)38-58(66(60)52-19-11-4-12-20-52)46-27-35-56(36-28-46)64(50-15-7-2-8-16-50)54-31-23-44(42-62)24-32-54/h1-40H. The highest BCUT2D eigenvalue weighted by Crippen LogP contribution is 2.41. The summed E-state index contributed by atoms with van der Waals surface area (Å²) in [5, 5.41) is 21.2. The summed E-state index contributed by atoms with van der Waals surface area (Å²) in [6.45, 7) is 0. The predicted molar refractivity (Wildman–Crippen MR) is 270 cm³/mol. The van der Waals surface area contributed by atoms with E-state index < -0.39 is 0 Å². The van der Waals surface area contributed by atoms with Crippen LogP contribution in [0.15, 0.2) is 243 Å². The Morgan fingerprint density at radius 1 is 0.303 bits per heavy atom. The second kappa shape index (κ2) is 17.1. The molecule has 0 saturated heterocycles. The van der Waals surface area contributed by atoms with Crippen molar-refractivity contribution in [3.63, 3.8) is 0 Å². The van der Waals surface area contributed by atoms with Crippen LogP contribution in [0.1, 0.15) is 11.1 Å². The van der Waals surface area contributed by atoms with Gasteiger partial charge in [0, 0.05) is 56.3 Å². The first kappa shape index (κ1) is 39.5. The summed E-state index contributed by atoms with van der Waals surface area (Å²) in [5.41, 5.74) is 16.1. The molecule has 0 spiro atoms. The van der Waals surface area contributed by atoms with Gasteiger partial charge in [0.05, 0.1) is 45.7 Å². The quantitative estimate of drug-likeness (QED) is 0.138. The Morgan fingerprint density at radius 2 is 0.591 bits per heavy atom. The third kappa shape index (κ3) is 7.31. The highest BCUT2D eigenvalue weighted by Gasteiger charge is 2.20. The van der Waals surface area contributed by atoms with Gasteiger partial charge in [-0.25, -0.2) is 0 Å². The van der Waals surface area contributed by atoms with Crippen molar-refractivity contribution in [2.45, 2.75) is 0 Å². The Balaban J connectivity index is 1.03. The van der Waals surface area contributed by atoms with Crippen molar-refractivity contribution in [2.75, 3.05) is 9.80 Å². The van der Waals surface area contributed by atoms with Crippen LogP contribution in [0.3, 0.4) is 0 Å². The zero-order chi connectivity index (χ0) is 44.4. The van der Waals surface area contributed by atoms with Gasteiger partial charge in [-0.2, -0.15) is 10.5 Å². The number of anilines is 6. The van der Waals surface area contributed by atoms with Crippen molar-refractivity contribution in [1.82, 2.24) is 9.13 Å². The molecule has 11 rings (SSSR count). The van der Waals surface area contributed by atoms with E-state index in [0.29, 0.717) is 11.1 Å². The summed E-state index contributed by atoms with van der Waals surface area (Å²) < 4.78 is 4.74. The predicted octanol–water partition coefficient (Wildman–Crippen LogP) is 15.6. The molecular weight excluding hydrogens is 805 g/mol. The molecule has 0 aliphatic rings. The van der Waals surface area contributed by atoms with Crippen LogP contribution in [-0.2, 0) is 0 Å². The third-order valence-corrected chi connectivity index (χ3v) is 12.1. The van der Waals surface area contributed by atoms with Crippen LogP contribution in [0.5, 0.6) is 0 Å². The van der Waals surface area contributed by atoms with Gasteiger partial charge in [-0.3, -0.25) is 0 Å². The highest BCUT2D eigenvalue weighted by molar-refractivity contribution is 6.02. The van der Waals surface area contributed by atoms with Crippen LogP contribution >= 0.6 is 0 Å². The van der Waals surface area contributed by atoms with Gasteiger partial charge in [0.15, 0.2) is 0 Å². The fraction of sp³-hybridized carbons (Fsp3) is 0. The van der Waals surface area contributed by atoms with Gasteiger partial charge in [0.1, 0.15) is 0 Å². The molecule has 310 valence electrons. The fourth-order valence-electron chi connectivity index (χ4n) is 9.03. The Morgan fingerprint density at radius 3 is 0.909 bits per heavy atom. The van der Waals surface area contributed by atoms with E-state index in [2.05, 4.69) is 189 Å². The number of benzene rings is 9. The normalized spacial score (nSPS) is 11.0. The van der Waals surface area contributed by atoms with Gasteiger partial charge in [0.25, 0.3) is 0 Å². The topological polar surface area (TPSA) is 63.9 Å². The second-order valence-electron chi connectivity index (χ2n) is 16.1. The van der Waals surface area contributed by atoms with Crippen LogP contribution in [-0.4, -0.2) is 9.13 Å². The van der Waals surface area contributed by atoms with Crippen LogP contribution in [0.2, 0.25) is 0 Å². The smallest absolute Gasteiger partial charge is 0.0991 e. The number of fused-ring (bicyclic) bond motifs is 2. The van der Waals surface area contributed by atoms with Crippen molar-refractivity contribution in [3.8, 4) is 46.0 Å². The van der Waals surface area contributed by atoms with E-state index in [4.69, 9.17) is 0 Å². The monoisotopic (exact) mass is 844 g/mol. The molecule has 0 bridgehead atoms. The SMILES string of the molecule is N#Cc1ccc(N(c2ccccc2)c2ccc(-c3cc4cc5c(cc(-c6ccc(N(c7ccccc7)c7ccc(C#N)cc7)cc6)n5-c5ccccc5)cc4n3-c3ccccc3)cc2)cc1. The summed E-state index contributed by atoms with van der Waals surface area (Å²) in [6, 6.07) is 88.5. The minimum atomic E-state index is 0.627. The zero-order valence-electron chi connectivity index (χ0n) is 35.8. The lowest BCUT2D eigenvalue weighted by Gasteiger charge is -2.25. The Kier molecular flexibility index (Phi) is 10.2. The molecular formula is C60H40N6. The molecule has 66 heavy (non-hydrogen) atoms. The molecule has 11 aromatic rings. The first-order valence-electron chi connectivity index (χ1n) is 21.9. The molecule has 6 nitrogen and oxygen atoms in total. The molecule has 0 N–H and O–H groups in total. The average molecular weight is 845 g/mol. The van der Waals surface area contributed by atoms with Crippen molar-refractivity contribution >= 4 is 55.9 Å². The number of nitrogens with zero attached hydrogens (tertiary/aromatic N) is 6. The maximum atomic E-state index is 9.49. The molecule has 0 radical (unpaired) electrons. The molecule has 0 unspecified atom stereocenters. The van der Waals surface area contributed by atoms with Crippen LogP contribution in [0.4, 0.5) is 34.1 Å². The Bertz CT molecular complexity index is 3300. The molecule has 0 amide bonds. The first-order chi connectivity index (χ1) is 32.6. The van der Waals surface area contributed by atoms with Crippen LogP contribution < -0.4 is 9.80 Å². The van der Waals surface area contributed by atoms with Crippen LogP contribution in [0.25, 0.3) is 55.7 Å². The lowest BCUT2D eigenvalue weighted by Crippen LogP contribution is -2.09.